The largest absolute Gasteiger partial charge is 0.465 e. The molecule has 2 aromatic rings. The second-order valence-corrected chi connectivity index (χ2v) is 7.64. The maximum atomic E-state index is 13.1. The van der Waals surface area contributed by atoms with Gasteiger partial charge in [0.2, 0.25) is 0 Å². The predicted molar refractivity (Wildman–Crippen MR) is 109 cm³/mol. The molecular formula is C19H26ClN5O3. The van der Waals surface area contributed by atoms with Gasteiger partial charge in [-0.3, -0.25) is 9.36 Å². The van der Waals surface area contributed by atoms with Crippen molar-refractivity contribution in [3.63, 3.8) is 0 Å². The lowest BCUT2D eigenvalue weighted by Crippen LogP contribution is -2.45. The SMILES string of the molecule is CC(NC(=O)O)c1nc2cccc(Cl)c2c(=O)n1CCCN1CCN(C)CC1. The van der Waals surface area contributed by atoms with Crippen LogP contribution in [0.1, 0.15) is 25.2 Å². The molecule has 1 atom stereocenters. The third-order valence-corrected chi connectivity index (χ3v) is 5.46. The van der Waals surface area contributed by atoms with Gasteiger partial charge in [0.05, 0.1) is 22.0 Å². The molecule has 8 nitrogen and oxygen atoms in total. The highest BCUT2D eigenvalue weighted by atomic mass is 35.5. The van der Waals surface area contributed by atoms with E-state index in [4.69, 9.17) is 16.7 Å². The molecule has 0 bridgehead atoms. The number of carboxylic acid groups (broad SMARTS) is 1. The lowest BCUT2D eigenvalue weighted by atomic mass is 10.2. The smallest absolute Gasteiger partial charge is 0.405 e. The second kappa shape index (κ2) is 8.89. The summed E-state index contributed by atoms with van der Waals surface area (Å²) < 4.78 is 1.56. The van der Waals surface area contributed by atoms with Crippen molar-refractivity contribution in [1.82, 2.24) is 24.7 Å². The van der Waals surface area contributed by atoms with Crippen molar-refractivity contribution in [2.75, 3.05) is 39.8 Å². The van der Waals surface area contributed by atoms with Crippen LogP contribution in [0.3, 0.4) is 0 Å². The van der Waals surface area contributed by atoms with Gasteiger partial charge in [-0.25, -0.2) is 9.78 Å². The fraction of sp³-hybridized carbons (Fsp3) is 0.526. The van der Waals surface area contributed by atoms with Crippen LogP contribution in [0.15, 0.2) is 23.0 Å². The lowest BCUT2D eigenvalue weighted by molar-refractivity contribution is 0.151. The number of piperazine rings is 1. The Kier molecular flexibility index (Phi) is 6.53. The van der Waals surface area contributed by atoms with Crippen molar-refractivity contribution in [1.29, 1.82) is 0 Å². The molecule has 1 unspecified atom stereocenters. The zero-order valence-electron chi connectivity index (χ0n) is 16.2. The minimum Gasteiger partial charge on any atom is -0.465 e. The summed E-state index contributed by atoms with van der Waals surface area (Å²) >= 11 is 6.24. The topological polar surface area (TPSA) is 90.7 Å². The van der Waals surface area contributed by atoms with E-state index in [0.29, 0.717) is 28.3 Å². The number of nitrogens with one attached hydrogen (secondary N) is 1. The van der Waals surface area contributed by atoms with E-state index in [1.165, 1.54) is 0 Å². The molecule has 0 spiro atoms. The quantitative estimate of drug-likeness (QED) is 0.761. The van der Waals surface area contributed by atoms with E-state index in [-0.39, 0.29) is 5.56 Å². The molecule has 0 aliphatic carbocycles. The van der Waals surface area contributed by atoms with Gasteiger partial charge in [0.25, 0.3) is 5.56 Å². The molecule has 1 amide bonds. The van der Waals surface area contributed by atoms with Gasteiger partial charge in [-0.15, -0.1) is 0 Å². The van der Waals surface area contributed by atoms with Crippen molar-refractivity contribution in [2.45, 2.75) is 25.9 Å². The van der Waals surface area contributed by atoms with Crippen molar-refractivity contribution >= 4 is 28.6 Å². The molecule has 1 aromatic carbocycles. The summed E-state index contributed by atoms with van der Waals surface area (Å²) in [6, 6.07) is 4.50. The number of rotatable bonds is 6. The number of carbonyl (C=O) groups is 1. The van der Waals surface area contributed by atoms with E-state index >= 15 is 0 Å². The Balaban J connectivity index is 1.87. The molecule has 1 aliphatic heterocycles. The Bertz CT molecular complexity index is 908. The molecule has 28 heavy (non-hydrogen) atoms. The number of aromatic nitrogens is 2. The van der Waals surface area contributed by atoms with Crippen LogP contribution in [-0.4, -0.2) is 70.3 Å². The standard InChI is InChI=1S/C19H26ClN5O3/c1-13(21-19(27)28)17-22-15-6-3-5-14(20)16(15)18(26)25(17)8-4-7-24-11-9-23(2)10-12-24/h3,5-6,13,21H,4,7-12H2,1-2H3,(H,27,28). The van der Waals surface area contributed by atoms with Crippen molar-refractivity contribution in [3.8, 4) is 0 Å². The molecule has 1 fully saturated rings. The third kappa shape index (κ3) is 4.63. The monoisotopic (exact) mass is 407 g/mol. The Hall–Kier alpha value is -2.16. The first-order valence-electron chi connectivity index (χ1n) is 9.46. The molecule has 2 heterocycles. The second-order valence-electron chi connectivity index (χ2n) is 7.23. The van der Waals surface area contributed by atoms with E-state index in [0.717, 1.165) is 39.1 Å². The van der Waals surface area contributed by atoms with Crippen LogP contribution in [-0.2, 0) is 6.54 Å². The van der Waals surface area contributed by atoms with E-state index < -0.39 is 12.1 Å². The average Bonchev–Trinajstić information content (AvgIpc) is 2.64. The number of hydrogen-bond acceptors (Lipinski definition) is 5. The molecular weight excluding hydrogens is 382 g/mol. The Labute approximate surface area is 168 Å². The Morgan fingerprint density at radius 1 is 1.29 bits per heavy atom. The van der Waals surface area contributed by atoms with Gasteiger partial charge in [-0.2, -0.15) is 0 Å². The predicted octanol–water partition coefficient (Wildman–Crippen LogP) is 2.02. The summed E-state index contributed by atoms with van der Waals surface area (Å²) in [5.74, 6) is 0.403. The maximum Gasteiger partial charge on any atom is 0.405 e. The zero-order valence-corrected chi connectivity index (χ0v) is 16.9. The third-order valence-electron chi connectivity index (χ3n) is 5.14. The average molecular weight is 408 g/mol. The van der Waals surface area contributed by atoms with Crippen LogP contribution in [0.4, 0.5) is 4.79 Å². The molecule has 1 saturated heterocycles. The highest BCUT2D eigenvalue weighted by molar-refractivity contribution is 6.35. The number of likely N-dealkylation sites (N-methyl/N-ethyl adjacent to an activating group) is 1. The number of benzene rings is 1. The first-order chi connectivity index (χ1) is 13.4. The van der Waals surface area contributed by atoms with Gasteiger partial charge in [-0.1, -0.05) is 17.7 Å². The van der Waals surface area contributed by atoms with Gasteiger partial charge in [0, 0.05) is 32.7 Å². The summed E-state index contributed by atoms with van der Waals surface area (Å²) in [5, 5.41) is 12.2. The normalized spacial score (nSPS) is 17.0. The van der Waals surface area contributed by atoms with E-state index in [1.807, 2.05) is 0 Å². The zero-order chi connectivity index (χ0) is 20.3. The van der Waals surface area contributed by atoms with Crippen LogP contribution in [0.25, 0.3) is 10.9 Å². The van der Waals surface area contributed by atoms with Gasteiger partial charge in [0.1, 0.15) is 5.82 Å². The fourth-order valence-electron chi connectivity index (χ4n) is 3.56. The molecule has 3 rings (SSSR count). The fourth-order valence-corrected chi connectivity index (χ4v) is 3.81. The van der Waals surface area contributed by atoms with Crippen LogP contribution in [0.5, 0.6) is 0 Å². The van der Waals surface area contributed by atoms with Crippen LogP contribution >= 0.6 is 11.6 Å². The molecule has 1 aromatic heterocycles. The molecule has 9 heteroatoms. The first-order valence-corrected chi connectivity index (χ1v) is 9.84. The Morgan fingerprint density at radius 2 is 2.00 bits per heavy atom. The summed E-state index contributed by atoms with van der Waals surface area (Å²) in [6.07, 6.45) is -0.384. The minimum absolute atomic E-state index is 0.233. The van der Waals surface area contributed by atoms with Crippen LogP contribution < -0.4 is 10.9 Å². The van der Waals surface area contributed by atoms with Gasteiger partial charge in [0.15, 0.2) is 0 Å². The molecule has 0 radical (unpaired) electrons. The summed E-state index contributed by atoms with van der Waals surface area (Å²) in [4.78, 5) is 33.5. The van der Waals surface area contributed by atoms with Gasteiger partial charge < -0.3 is 20.2 Å². The number of nitrogens with zero attached hydrogens (tertiary/aromatic N) is 4. The van der Waals surface area contributed by atoms with E-state index in [2.05, 4.69) is 27.1 Å². The molecule has 152 valence electrons. The number of fused-ring (bicyclic) bond motifs is 1. The summed E-state index contributed by atoms with van der Waals surface area (Å²) in [6.45, 7) is 7.12. The highest BCUT2D eigenvalue weighted by Crippen LogP contribution is 2.21. The summed E-state index contributed by atoms with van der Waals surface area (Å²) in [5.41, 5.74) is 0.241. The number of halogens is 1. The highest BCUT2D eigenvalue weighted by Gasteiger charge is 2.20. The maximum absolute atomic E-state index is 13.1. The van der Waals surface area contributed by atoms with Crippen molar-refractivity contribution in [2.24, 2.45) is 0 Å². The lowest BCUT2D eigenvalue weighted by Gasteiger charge is -2.32. The van der Waals surface area contributed by atoms with Crippen LogP contribution in [0, 0.1) is 0 Å². The molecule has 1 aliphatic rings. The molecule has 2 N–H and O–H groups in total. The van der Waals surface area contributed by atoms with E-state index in [9.17, 15) is 9.59 Å². The van der Waals surface area contributed by atoms with Crippen LogP contribution in [0.2, 0.25) is 5.02 Å². The Morgan fingerprint density at radius 3 is 2.68 bits per heavy atom. The number of amides is 1. The van der Waals surface area contributed by atoms with Gasteiger partial charge in [-0.05, 0) is 39.1 Å². The van der Waals surface area contributed by atoms with E-state index in [1.54, 1.807) is 29.7 Å². The molecule has 0 saturated carbocycles. The van der Waals surface area contributed by atoms with Gasteiger partial charge >= 0.3 is 6.09 Å². The minimum atomic E-state index is -1.16. The summed E-state index contributed by atoms with van der Waals surface area (Å²) in [7, 11) is 2.12. The van der Waals surface area contributed by atoms with Crippen molar-refractivity contribution < 1.29 is 9.90 Å². The number of hydrogen-bond donors (Lipinski definition) is 2. The first kappa shape index (κ1) is 20.6. The van der Waals surface area contributed by atoms with Crippen molar-refractivity contribution in [3.05, 3.63) is 39.4 Å².